The van der Waals surface area contributed by atoms with Gasteiger partial charge in [0.25, 0.3) is 0 Å². The lowest BCUT2D eigenvalue weighted by molar-refractivity contribution is -0.137. The summed E-state index contributed by atoms with van der Waals surface area (Å²) in [5.41, 5.74) is -0.753. The van der Waals surface area contributed by atoms with Gasteiger partial charge in [0, 0.05) is 0 Å². The van der Waals surface area contributed by atoms with Crippen LogP contribution in [0.2, 0.25) is 0 Å². The first-order valence-corrected chi connectivity index (χ1v) is 4.10. The Labute approximate surface area is 85.5 Å². The lowest BCUT2D eigenvalue weighted by Crippen LogP contribution is -2.04. The van der Waals surface area contributed by atoms with Gasteiger partial charge in [-0.2, -0.15) is 13.2 Å². The summed E-state index contributed by atoms with van der Waals surface area (Å²) >= 11 is 0. The highest BCUT2D eigenvalue weighted by molar-refractivity contribution is 5.32. The molecule has 1 rings (SSSR count). The van der Waals surface area contributed by atoms with E-state index in [0.29, 0.717) is 0 Å². The average Bonchev–Trinajstić information content (AvgIpc) is 2.17. The lowest BCUT2D eigenvalue weighted by Gasteiger charge is -2.09. The zero-order valence-corrected chi connectivity index (χ0v) is 7.84. The first-order valence-electron chi connectivity index (χ1n) is 4.10. The second kappa shape index (κ2) is 4.21. The van der Waals surface area contributed by atoms with E-state index in [4.69, 9.17) is 4.74 Å². The van der Waals surface area contributed by atoms with E-state index < -0.39 is 11.7 Å². The fraction of sp³-hybridized carbons (Fsp3) is 0.0909. The molecule has 15 heavy (non-hydrogen) atoms. The first-order chi connectivity index (χ1) is 6.93. The zero-order chi connectivity index (χ0) is 11.5. The van der Waals surface area contributed by atoms with E-state index in [1.807, 2.05) is 0 Å². The Morgan fingerprint density at radius 1 is 1.33 bits per heavy atom. The van der Waals surface area contributed by atoms with E-state index in [2.05, 4.69) is 13.2 Å². The van der Waals surface area contributed by atoms with Gasteiger partial charge in [0.05, 0.1) is 5.56 Å². The van der Waals surface area contributed by atoms with Gasteiger partial charge in [-0.3, -0.25) is 0 Å². The monoisotopic (exact) mass is 214 g/mol. The molecule has 0 amide bonds. The van der Waals surface area contributed by atoms with Crippen molar-refractivity contribution in [3.63, 3.8) is 0 Å². The van der Waals surface area contributed by atoms with Crippen LogP contribution in [0, 0.1) is 0 Å². The zero-order valence-electron chi connectivity index (χ0n) is 7.84. The number of hydrogen-bond acceptors (Lipinski definition) is 1. The van der Waals surface area contributed by atoms with Gasteiger partial charge in [-0.15, -0.1) is 0 Å². The molecule has 1 aromatic rings. The standard InChI is InChI=1S/C11H9F3O/c1-3-8(2)15-10-6-4-5-9(7-10)11(12,13)14/h3-7H,1-2H2. The number of alkyl halides is 3. The van der Waals surface area contributed by atoms with Crippen LogP contribution >= 0.6 is 0 Å². The van der Waals surface area contributed by atoms with Crippen molar-refractivity contribution in [3.8, 4) is 5.75 Å². The van der Waals surface area contributed by atoms with Crippen LogP contribution in [0.5, 0.6) is 5.75 Å². The van der Waals surface area contributed by atoms with Crippen molar-refractivity contribution in [3.05, 3.63) is 54.8 Å². The lowest BCUT2D eigenvalue weighted by atomic mass is 10.2. The summed E-state index contributed by atoms with van der Waals surface area (Å²) in [6.45, 7) is 6.82. The van der Waals surface area contributed by atoms with Crippen molar-refractivity contribution in [2.24, 2.45) is 0 Å². The number of rotatable bonds is 3. The quantitative estimate of drug-likeness (QED) is 0.549. The maximum Gasteiger partial charge on any atom is 0.416 e. The molecule has 0 heterocycles. The number of ether oxygens (including phenoxy) is 1. The molecule has 1 aromatic carbocycles. The molecule has 80 valence electrons. The van der Waals surface area contributed by atoms with Crippen LogP contribution in [-0.4, -0.2) is 0 Å². The summed E-state index contributed by atoms with van der Waals surface area (Å²) in [7, 11) is 0. The molecular formula is C11H9F3O. The molecule has 0 saturated heterocycles. The summed E-state index contributed by atoms with van der Waals surface area (Å²) in [4.78, 5) is 0. The van der Waals surface area contributed by atoms with Crippen molar-refractivity contribution in [2.45, 2.75) is 6.18 Å². The minimum atomic E-state index is -4.37. The highest BCUT2D eigenvalue weighted by Gasteiger charge is 2.30. The van der Waals surface area contributed by atoms with Gasteiger partial charge in [-0.25, -0.2) is 0 Å². The van der Waals surface area contributed by atoms with Crippen LogP contribution < -0.4 is 4.74 Å². The van der Waals surface area contributed by atoms with Gasteiger partial charge >= 0.3 is 6.18 Å². The second-order valence-corrected chi connectivity index (χ2v) is 2.80. The Morgan fingerprint density at radius 2 is 2.00 bits per heavy atom. The molecular weight excluding hydrogens is 205 g/mol. The number of benzene rings is 1. The second-order valence-electron chi connectivity index (χ2n) is 2.80. The minimum Gasteiger partial charge on any atom is -0.458 e. The Morgan fingerprint density at radius 3 is 2.53 bits per heavy atom. The van der Waals surface area contributed by atoms with Gasteiger partial charge in [0.15, 0.2) is 0 Å². The molecule has 0 aliphatic heterocycles. The molecule has 1 nitrogen and oxygen atoms in total. The highest BCUT2D eigenvalue weighted by Crippen LogP contribution is 2.31. The molecule has 0 radical (unpaired) electrons. The summed E-state index contributed by atoms with van der Waals surface area (Å²) in [6, 6.07) is 4.58. The van der Waals surface area contributed by atoms with Crippen LogP contribution in [0.25, 0.3) is 0 Å². The Balaban J connectivity index is 2.93. The van der Waals surface area contributed by atoms with Gasteiger partial charge in [-0.05, 0) is 24.3 Å². The highest BCUT2D eigenvalue weighted by atomic mass is 19.4. The van der Waals surface area contributed by atoms with Crippen molar-refractivity contribution in [1.82, 2.24) is 0 Å². The molecule has 4 heteroatoms. The fourth-order valence-electron chi connectivity index (χ4n) is 0.929. The molecule has 0 aliphatic rings. The Kier molecular flexibility index (Phi) is 3.19. The van der Waals surface area contributed by atoms with E-state index in [1.165, 1.54) is 18.2 Å². The number of allylic oxidation sites excluding steroid dienone is 1. The summed E-state index contributed by atoms with van der Waals surface area (Å²) < 4.78 is 41.9. The third-order valence-corrected chi connectivity index (χ3v) is 1.64. The van der Waals surface area contributed by atoms with Crippen molar-refractivity contribution in [1.29, 1.82) is 0 Å². The van der Waals surface area contributed by atoms with E-state index in [1.54, 1.807) is 0 Å². The first kappa shape index (κ1) is 11.4. The topological polar surface area (TPSA) is 9.23 Å². The third-order valence-electron chi connectivity index (χ3n) is 1.64. The van der Waals surface area contributed by atoms with Crippen LogP contribution in [-0.2, 0) is 6.18 Å². The number of hydrogen-bond donors (Lipinski definition) is 0. The van der Waals surface area contributed by atoms with Crippen molar-refractivity contribution < 1.29 is 17.9 Å². The van der Waals surface area contributed by atoms with Crippen molar-refractivity contribution >= 4 is 0 Å². The minimum absolute atomic E-state index is 0.0923. The summed E-state index contributed by atoms with van der Waals surface area (Å²) in [6.07, 6.45) is -3.05. The molecule has 0 unspecified atom stereocenters. The smallest absolute Gasteiger partial charge is 0.416 e. The molecule has 0 aromatic heterocycles. The van der Waals surface area contributed by atoms with Gasteiger partial charge in [-0.1, -0.05) is 19.2 Å². The molecule has 0 atom stereocenters. The molecule has 0 fully saturated rings. The number of halogens is 3. The normalized spacial score (nSPS) is 10.9. The molecule has 0 spiro atoms. The average molecular weight is 214 g/mol. The van der Waals surface area contributed by atoms with Gasteiger partial charge in [0.1, 0.15) is 11.5 Å². The summed E-state index contributed by atoms with van der Waals surface area (Å²) in [5.74, 6) is 0.295. The van der Waals surface area contributed by atoms with Crippen LogP contribution in [0.15, 0.2) is 49.3 Å². The predicted octanol–water partition coefficient (Wildman–Crippen LogP) is 3.78. The van der Waals surface area contributed by atoms with E-state index in [-0.39, 0.29) is 11.5 Å². The SMILES string of the molecule is C=CC(=C)Oc1cccc(C(F)(F)F)c1. The van der Waals surface area contributed by atoms with Gasteiger partial charge < -0.3 is 4.74 Å². The van der Waals surface area contributed by atoms with E-state index in [9.17, 15) is 13.2 Å². The third kappa shape index (κ3) is 3.16. The Hall–Kier alpha value is -1.71. The maximum atomic E-state index is 12.3. The van der Waals surface area contributed by atoms with E-state index in [0.717, 1.165) is 12.1 Å². The van der Waals surface area contributed by atoms with Crippen LogP contribution in [0.4, 0.5) is 13.2 Å². The molecule has 0 N–H and O–H groups in total. The Bertz CT molecular complexity index is 380. The molecule has 0 aliphatic carbocycles. The predicted molar refractivity (Wildman–Crippen MR) is 51.4 cm³/mol. The van der Waals surface area contributed by atoms with E-state index >= 15 is 0 Å². The summed E-state index contributed by atoms with van der Waals surface area (Å²) in [5, 5.41) is 0. The molecule has 0 saturated carbocycles. The van der Waals surface area contributed by atoms with Gasteiger partial charge in [0.2, 0.25) is 0 Å². The van der Waals surface area contributed by atoms with Crippen LogP contribution in [0.1, 0.15) is 5.56 Å². The van der Waals surface area contributed by atoms with Crippen molar-refractivity contribution in [2.75, 3.05) is 0 Å². The fourth-order valence-corrected chi connectivity index (χ4v) is 0.929. The maximum absolute atomic E-state index is 12.3. The van der Waals surface area contributed by atoms with Crippen LogP contribution in [0.3, 0.4) is 0 Å². The molecule has 0 bridgehead atoms. The largest absolute Gasteiger partial charge is 0.458 e.